The largest absolute Gasteiger partial charge is 0.353 e. The first-order valence-corrected chi connectivity index (χ1v) is 13.1. The van der Waals surface area contributed by atoms with Gasteiger partial charge >= 0.3 is 0 Å². The van der Waals surface area contributed by atoms with Crippen molar-refractivity contribution in [2.24, 2.45) is 0 Å². The highest BCUT2D eigenvalue weighted by atomic mass is 35.5. The van der Waals surface area contributed by atoms with Crippen molar-refractivity contribution in [3.05, 3.63) is 53.1 Å². The molecule has 0 saturated carbocycles. The van der Waals surface area contributed by atoms with E-state index in [1.54, 1.807) is 30.3 Å². The fourth-order valence-corrected chi connectivity index (χ4v) is 6.21. The van der Waals surface area contributed by atoms with Gasteiger partial charge in [0.15, 0.2) is 0 Å². The summed E-state index contributed by atoms with van der Waals surface area (Å²) in [5.41, 5.74) is 0.725. The van der Waals surface area contributed by atoms with Gasteiger partial charge in [-0.15, -0.1) is 11.8 Å². The van der Waals surface area contributed by atoms with Gasteiger partial charge in [-0.05, 0) is 57.0 Å². The van der Waals surface area contributed by atoms with Crippen molar-refractivity contribution in [1.29, 1.82) is 0 Å². The van der Waals surface area contributed by atoms with Gasteiger partial charge in [0.1, 0.15) is 4.90 Å². The summed E-state index contributed by atoms with van der Waals surface area (Å²) in [6.45, 7) is 4.69. The summed E-state index contributed by atoms with van der Waals surface area (Å²) < 4.78 is 27.3. The van der Waals surface area contributed by atoms with Crippen LogP contribution in [0.5, 0.6) is 0 Å². The molecule has 0 unspecified atom stereocenters. The van der Waals surface area contributed by atoms with E-state index in [0.717, 1.165) is 12.8 Å². The first-order chi connectivity index (χ1) is 15.2. The highest BCUT2D eigenvalue weighted by Gasteiger charge is 2.29. The fourth-order valence-electron chi connectivity index (χ4n) is 3.33. The molecule has 1 heterocycles. The number of nitrogens with zero attached hydrogens (tertiary/aromatic N) is 1. The zero-order chi connectivity index (χ0) is 23.3. The Hall–Kier alpha value is -2.07. The SMILES string of the molecule is CC(C)NC(=O)CSc1ccccc1C(=O)Nc1ccc(Cl)c(S(=O)(=O)N2CCCC2)c1. The number of carbonyl (C=O) groups is 2. The van der Waals surface area contributed by atoms with E-state index in [1.807, 2.05) is 13.8 Å². The molecule has 32 heavy (non-hydrogen) atoms. The molecule has 1 fully saturated rings. The average Bonchev–Trinajstić information content (AvgIpc) is 3.29. The maximum absolute atomic E-state index is 12.9. The average molecular weight is 496 g/mol. The van der Waals surface area contributed by atoms with E-state index < -0.39 is 15.9 Å². The zero-order valence-corrected chi connectivity index (χ0v) is 20.3. The summed E-state index contributed by atoms with van der Waals surface area (Å²) >= 11 is 7.45. The van der Waals surface area contributed by atoms with Gasteiger partial charge < -0.3 is 10.6 Å². The van der Waals surface area contributed by atoms with Gasteiger partial charge in [0.05, 0.1) is 16.3 Å². The summed E-state index contributed by atoms with van der Waals surface area (Å²) in [7, 11) is -3.73. The molecule has 2 aromatic rings. The molecule has 0 spiro atoms. The molecule has 7 nitrogen and oxygen atoms in total. The van der Waals surface area contributed by atoms with Crippen molar-refractivity contribution in [1.82, 2.24) is 9.62 Å². The Labute approximate surface area is 198 Å². The van der Waals surface area contributed by atoms with Crippen LogP contribution >= 0.6 is 23.4 Å². The van der Waals surface area contributed by atoms with Crippen molar-refractivity contribution in [2.45, 2.75) is 42.5 Å². The monoisotopic (exact) mass is 495 g/mol. The Bertz CT molecular complexity index is 1100. The number of nitrogens with one attached hydrogen (secondary N) is 2. The Morgan fingerprint density at radius 2 is 1.81 bits per heavy atom. The molecule has 0 bridgehead atoms. The molecule has 3 rings (SSSR count). The van der Waals surface area contributed by atoms with Gasteiger partial charge in [-0.3, -0.25) is 9.59 Å². The first-order valence-electron chi connectivity index (χ1n) is 10.3. The Balaban J connectivity index is 1.77. The van der Waals surface area contributed by atoms with Gasteiger partial charge in [-0.2, -0.15) is 4.31 Å². The third kappa shape index (κ3) is 6.04. The van der Waals surface area contributed by atoms with Gasteiger partial charge in [0.25, 0.3) is 5.91 Å². The predicted octanol–water partition coefficient (Wildman–Crippen LogP) is 3.99. The molecule has 2 aromatic carbocycles. The molecule has 2 amide bonds. The minimum absolute atomic E-state index is 0.0214. The van der Waals surface area contributed by atoms with Crippen molar-refractivity contribution in [2.75, 3.05) is 24.2 Å². The van der Waals surface area contributed by atoms with Crippen LogP contribution in [0.2, 0.25) is 5.02 Å². The number of hydrogen-bond donors (Lipinski definition) is 2. The van der Waals surface area contributed by atoms with E-state index in [-0.39, 0.29) is 27.6 Å². The van der Waals surface area contributed by atoms with Crippen LogP contribution in [-0.4, -0.2) is 49.4 Å². The lowest BCUT2D eigenvalue weighted by Crippen LogP contribution is -2.31. The molecule has 0 aliphatic carbocycles. The molecule has 1 aliphatic heterocycles. The van der Waals surface area contributed by atoms with Crippen LogP contribution in [0.3, 0.4) is 0 Å². The number of benzene rings is 2. The smallest absolute Gasteiger partial charge is 0.256 e. The predicted molar refractivity (Wildman–Crippen MR) is 128 cm³/mol. The summed E-state index contributed by atoms with van der Waals surface area (Å²) in [5, 5.41) is 5.68. The van der Waals surface area contributed by atoms with Gasteiger partial charge in [-0.1, -0.05) is 23.7 Å². The molecule has 2 N–H and O–H groups in total. The third-order valence-electron chi connectivity index (χ3n) is 4.81. The minimum atomic E-state index is -3.73. The summed E-state index contributed by atoms with van der Waals surface area (Å²) in [4.78, 5) is 25.5. The van der Waals surface area contributed by atoms with Crippen molar-refractivity contribution in [3.8, 4) is 0 Å². The zero-order valence-electron chi connectivity index (χ0n) is 17.9. The second-order valence-corrected chi connectivity index (χ2v) is 11.0. The highest BCUT2D eigenvalue weighted by Crippen LogP contribution is 2.30. The number of carbonyl (C=O) groups excluding carboxylic acids is 2. The Kier molecular flexibility index (Phi) is 8.21. The second-order valence-electron chi connectivity index (χ2n) is 7.72. The van der Waals surface area contributed by atoms with E-state index in [1.165, 1.54) is 28.2 Å². The number of halogens is 1. The van der Waals surface area contributed by atoms with Crippen LogP contribution in [0.4, 0.5) is 5.69 Å². The van der Waals surface area contributed by atoms with E-state index in [2.05, 4.69) is 10.6 Å². The molecule has 10 heteroatoms. The minimum Gasteiger partial charge on any atom is -0.353 e. The maximum atomic E-state index is 12.9. The van der Waals surface area contributed by atoms with E-state index in [0.29, 0.717) is 29.2 Å². The van der Waals surface area contributed by atoms with Gasteiger partial charge in [0, 0.05) is 29.7 Å². The molecule has 0 radical (unpaired) electrons. The van der Waals surface area contributed by atoms with Crippen LogP contribution in [0.15, 0.2) is 52.3 Å². The summed E-state index contributed by atoms with van der Waals surface area (Å²) in [6.07, 6.45) is 1.63. The van der Waals surface area contributed by atoms with Crippen molar-refractivity contribution < 1.29 is 18.0 Å². The summed E-state index contributed by atoms with van der Waals surface area (Å²) in [6, 6.07) is 11.4. The molecule has 0 aromatic heterocycles. The molecular formula is C22H26ClN3O4S2. The van der Waals surface area contributed by atoms with Gasteiger partial charge in [0.2, 0.25) is 15.9 Å². The number of hydrogen-bond acceptors (Lipinski definition) is 5. The number of thioether (sulfide) groups is 1. The number of rotatable bonds is 8. The van der Waals surface area contributed by atoms with Crippen molar-refractivity contribution in [3.63, 3.8) is 0 Å². The lowest BCUT2D eigenvalue weighted by Gasteiger charge is -2.17. The standard InChI is InChI=1S/C22H26ClN3O4S2/c1-15(2)24-21(27)14-31-19-8-4-3-7-17(19)22(28)25-16-9-10-18(23)20(13-16)32(29,30)26-11-5-6-12-26/h3-4,7-10,13,15H,5-6,11-12,14H2,1-2H3,(H,24,27)(H,25,28). The number of anilines is 1. The second kappa shape index (κ2) is 10.7. The fraction of sp³-hybridized carbons (Fsp3) is 0.364. The highest BCUT2D eigenvalue weighted by molar-refractivity contribution is 8.00. The van der Waals surface area contributed by atoms with Crippen LogP contribution in [0.1, 0.15) is 37.0 Å². The molecular weight excluding hydrogens is 470 g/mol. The van der Waals surface area contributed by atoms with Crippen LogP contribution in [-0.2, 0) is 14.8 Å². The van der Waals surface area contributed by atoms with Crippen molar-refractivity contribution >= 4 is 50.9 Å². The first kappa shape index (κ1) is 24.6. The third-order valence-corrected chi connectivity index (χ3v) is 8.27. The van der Waals surface area contributed by atoms with E-state index in [9.17, 15) is 18.0 Å². The number of amides is 2. The maximum Gasteiger partial charge on any atom is 0.256 e. The molecule has 172 valence electrons. The van der Waals surface area contributed by atoms with Crippen LogP contribution in [0.25, 0.3) is 0 Å². The summed E-state index contributed by atoms with van der Waals surface area (Å²) in [5.74, 6) is -0.333. The lowest BCUT2D eigenvalue weighted by atomic mass is 10.2. The van der Waals surface area contributed by atoms with Gasteiger partial charge in [-0.25, -0.2) is 8.42 Å². The number of sulfonamides is 1. The molecule has 1 aliphatic rings. The molecule has 1 saturated heterocycles. The Morgan fingerprint density at radius 3 is 2.50 bits per heavy atom. The van der Waals surface area contributed by atoms with E-state index >= 15 is 0 Å². The quantitative estimate of drug-likeness (QED) is 0.540. The topological polar surface area (TPSA) is 95.6 Å². The lowest BCUT2D eigenvalue weighted by molar-refractivity contribution is -0.119. The molecule has 0 atom stereocenters. The normalized spacial score (nSPS) is 14.5. The van der Waals surface area contributed by atoms with Crippen LogP contribution < -0.4 is 10.6 Å². The van der Waals surface area contributed by atoms with E-state index in [4.69, 9.17) is 11.6 Å². The Morgan fingerprint density at radius 1 is 1.12 bits per heavy atom. The van der Waals surface area contributed by atoms with Crippen LogP contribution in [0, 0.1) is 0 Å².